The average molecular weight is 564 g/mol. The third kappa shape index (κ3) is 5.43. The monoisotopic (exact) mass is 561 g/mol. The molecule has 0 radical (unpaired) electrons. The second-order valence-electron chi connectivity index (χ2n) is 7.25. The molecule has 3 aromatic carbocycles. The molecule has 11 heteroatoms. The molecule has 0 aromatic heterocycles. The topological polar surface area (TPSA) is 61.8 Å². The fraction of sp³-hybridized carbons (Fsp3) is 0.136. The van der Waals surface area contributed by atoms with Crippen LogP contribution in [0, 0.1) is 0 Å². The molecule has 33 heavy (non-hydrogen) atoms. The van der Waals surface area contributed by atoms with Crippen molar-refractivity contribution in [1.29, 1.82) is 0 Å². The van der Waals surface area contributed by atoms with Crippen molar-refractivity contribution in [3.63, 3.8) is 0 Å². The zero-order valence-corrected chi connectivity index (χ0v) is 21.4. The van der Waals surface area contributed by atoms with E-state index in [4.69, 9.17) is 58.0 Å². The van der Waals surface area contributed by atoms with Crippen molar-refractivity contribution in [1.82, 2.24) is 4.72 Å². The van der Waals surface area contributed by atoms with Crippen molar-refractivity contribution >= 4 is 79.4 Å². The number of hydrogen-bond donors (Lipinski definition) is 1. The maximum Gasteiger partial charge on any atom is 0.243 e. The molecule has 0 fully saturated rings. The Morgan fingerprint density at radius 1 is 0.879 bits per heavy atom. The third-order valence-electron chi connectivity index (χ3n) is 5.04. The van der Waals surface area contributed by atoms with Gasteiger partial charge in [0.1, 0.15) is 4.90 Å². The van der Waals surface area contributed by atoms with Gasteiger partial charge >= 0.3 is 0 Å². The highest BCUT2D eigenvalue weighted by Gasteiger charge is 2.31. The molecule has 0 bridgehead atoms. The number of sulfonamides is 1. The van der Waals surface area contributed by atoms with E-state index in [2.05, 4.69) is 9.82 Å². The van der Waals surface area contributed by atoms with E-state index in [-0.39, 0.29) is 27.5 Å². The lowest BCUT2D eigenvalue weighted by atomic mass is 10.0. The fourth-order valence-electron chi connectivity index (χ4n) is 3.50. The molecule has 0 saturated heterocycles. The Morgan fingerprint density at radius 3 is 2.15 bits per heavy atom. The number of nitrogens with one attached hydrogen (secondary N) is 1. The molecule has 4 rings (SSSR count). The zero-order valence-electron chi connectivity index (χ0n) is 16.8. The van der Waals surface area contributed by atoms with Crippen LogP contribution in [0.5, 0.6) is 0 Å². The zero-order chi connectivity index (χ0) is 23.8. The minimum Gasteiger partial charge on any atom is -0.256 e. The predicted molar refractivity (Wildman–Crippen MR) is 137 cm³/mol. The van der Waals surface area contributed by atoms with Gasteiger partial charge in [0.15, 0.2) is 0 Å². The van der Waals surface area contributed by atoms with Crippen LogP contribution in [0.3, 0.4) is 0 Å². The lowest BCUT2D eigenvalue weighted by Gasteiger charge is -2.25. The molecule has 1 N–H and O–H groups in total. The lowest BCUT2D eigenvalue weighted by Crippen LogP contribution is -2.29. The molecule has 1 heterocycles. The van der Waals surface area contributed by atoms with Crippen molar-refractivity contribution < 1.29 is 8.42 Å². The Labute approximate surface area is 216 Å². The van der Waals surface area contributed by atoms with Crippen molar-refractivity contribution in [3.05, 3.63) is 91.3 Å². The maximum atomic E-state index is 12.9. The first-order valence-electron chi connectivity index (χ1n) is 9.65. The summed E-state index contributed by atoms with van der Waals surface area (Å²) in [7, 11) is -3.97. The van der Waals surface area contributed by atoms with E-state index < -0.39 is 10.0 Å². The summed E-state index contributed by atoms with van der Waals surface area (Å²) >= 11 is 30.7. The van der Waals surface area contributed by atoms with Gasteiger partial charge in [0.25, 0.3) is 0 Å². The van der Waals surface area contributed by atoms with E-state index in [0.29, 0.717) is 32.9 Å². The van der Waals surface area contributed by atoms with E-state index >= 15 is 0 Å². The summed E-state index contributed by atoms with van der Waals surface area (Å²) in [5, 5.41) is 8.04. The largest absolute Gasteiger partial charge is 0.256 e. The van der Waals surface area contributed by atoms with Crippen LogP contribution in [-0.2, 0) is 10.0 Å². The number of halogens is 5. The molecule has 5 nitrogen and oxygen atoms in total. The first-order valence-corrected chi connectivity index (χ1v) is 13.0. The van der Waals surface area contributed by atoms with Gasteiger partial charge < -0.3 is 0 Å². The summed E-state index contributed by atoms with van der Waals surface area (Å²) in [5.74, 6) is 0. The van der Waals surface area contributed by atoms with Gasteiger partial charge in [-0.05, 0) is 48.0 Å². The minimum atomic E-state index is -3.97. The average Bonchev–Trinajstić information content (AvgIpc) is 3.17. The number of nitrogens with zero attached hydrogens (tertiary/aromatic N) is 2. The molecular formula is C22H16Cl5N3O2S. The lowest BCUT2D eigenvalue weighted by molar-refractivity contribution is 0.586. The standard InChI is InChI=1S/C22H16Cl5N3O2S/c23-14-6-4-13(5-7-14)21-11-16(29-30(21)20-9-8-15(24)10-19(20)27)12-28-33(31,32)22-17(25)2-1-3-18(22)26/h1-10,21,28H,11-12H2. The molecule has 0 spiro atoms. The number of anilines is 1. The van der Waals surface area contributed by atoms with E-state index in [1.165, 1.54) is 12.1 Å². The highest BCUT2D eigenvalue weighted by Crippen LogP contribution is 2.40. The van der Waals surface area contributed by atoms with Crippen LogP contribution in [0.2, 0.25) is 25.1 Å². The first kappa shape index (κ1) is 24.6. The molecule has 0 amide bonds. The van der Waals surface area contributed by atoms with Crippen LogP contribution < -0.4 is 9.73 Å². The van der Waals surface area contributed by atoms with Gasteiger partial charge in [0.2, 0.25) is 10.0 Å². The summed E-state index contributed by atoms with van der Waals surface area (Å²) in [4.78, 5) is -0.168. The Balaban J connectivity index is 1.64. The number of rotatable bonds is 6. The second kappa shape index (κ2) is 10.0. The molecule has 1 unspecified atom stereocenters. The molecular weight excluding hydrogens is 548 g/mol. The molecule has 0 aliphatic carbocycles. The first-order chi connectivity index (χ1) is 15.7. The fourth-order valence-corrected chi connectivity index (χ4v) is 6.28. The van der Waals surface area contributed by atoms with Gasteiger partial charge in [0.05, 0.1) is 39.1 Å². The Kier molecular flexibility index (Phi) is 7.46. The summed E-state index contributed by atoms with van der Waals surface area (Å²) < 4.78 is 28.3. The summed E-state index contributed by atoms with van der Waals surface area (Å²) in [6.45, 7) is -0.0321. The Morgan fingerprint density at radius 2 is 1.52 bits per heavy atom. The summed E-state index contributed by atoms with van der Waals surface area (Å²) in [6, 6.07) is 16.8. The molecule has 3 aromatic rings. The van der Waals surface area contributed by atoms with Gasteiger partial charge in [0, 0.05) is 16.5 Å². The van der Waals surface area contributed by atoms with Crippen molar-refractivity contribution in [2.45, 2.75) is 17.4 Å². The van der Waals surface area contributed by atoms with Crippen LogP contribution in [0.25, 0.3) is 0 Å². The van der Waals surface area contributed by atoms with Crippen LogP contribution in [-0.4, -0.2) is 20.7 Å². The Bertz CT molecular complexity index is 1310. The van der Waals surface area contributed by atoms with E-state index in [1.54, 1.807) is 41.4 Å². The van der Waals surface area contributed by atoms with E-state index in [0.717, 1.165) is 5.56 Å². The third-order valence-corrected chi connectivity index (χ3v) is 8.18. The van der Waals surface area contributed by atoms with Gasteiger partial charge in [-0.15, -0.1) is 0 Å². The van der Waals surface area contributed by atoms with Crippen molar-refractivity contribution in [2.75, 3.05) is 11.6 Å². The summed E-state index contributed by atoms with van der Waals surface area (Å²) in [6.07, 6.45) is 0.458. The van der Waals surface area contributed by atoms with Crippen LogP contribution >= 0.6 is 58.0 Å². The molecule has 1 atom stereocenters. The molecule has 1 aliphatic heterocycles. The number of benzene rings is 3. The van der Waals surface area contributed by atoms with Crippen LogP contribution in [0.15, 0.2) is 70.7 Å². The number of hydrogen-bond acceptors (Lipinski definition) is 4. The number of hydrazone groups is 1. The highest BCUT2D eigenvalue weighted by molar-refractivity contribution is 7.89. The van der Waals surface area contributed by atoms with Crippen LogP contribution in [0.4, 0.5) is 5.69 Å². The molecule has 0 saturated carbocycles. The molecule has 172 valence electrons. The quantitative estimate of drug-likeness (QED) is 0.344. The van der Waals surface area contributed by atoms with Gasteiger partial charge in [-0.3, -0.25) is 5.01 Å². The smallest absolute Gasteiger partial charge is 0.243 e. The molecule has 1 aliphatic rings. The minimum absolute atomic E-state index is 0.0321. The van der Waals surface area contributed by atoms with Gasteiger partial charge in [-0.2, -0.15) is 5.10 Å². The van der Waals surface area contributed by atoms with Gasteiger partial charge in [-0.25, -0.2) is 13.1 Å². The van der Waals surface area contributed by atoms with Crippen LogP contribution in [0.1, 0.15) is 18.0 Å². The van der Waals surface area contributed by atoms with Gasteiger partial charge in [-0.1, -0.05) is 76.2 Å². The SMILES string of the molecule is O=S(=O)(NCC1=NN(c2ccc(Cl)cc2Cl)C(c2ccc(Cl)cc2)C1)c1c(Cl)cccc1Cl. The second-order valence-corrected chi connectivity index (χ2v) is 11.1. The Hall–Kier alpha value is -1.51. The van der Waals surface area contributed by atoms with Crippen molar-refractivity contribution in [2.24, 2.45) is 5.10 Å². The van der Waals surface area contributed by atoms with E-state index in [9.17, 15) is 8.42 Å². The maximum absolute atomic E-state index is 12.9. The van der Waals surface area contributed by atoms with Crippen molar-refractivity contribution in [3.8, 4) is 0 Å². The van der Waals surface area contributed by atoms with E-state index in [1.807, 2.05) is 12.1 Å². The summed E-state index contributed by atoms with van der Waals surface area (Å²) in [5.41, 5.74) is 2.20. The normalized spacial score (nSPS) is 16.2. The highest BCUT2D eigenvalue weighted by atomic mass is 35.5. The predicted octanol–water partition coefficient (Wildman–Crippen LogP) is 7.24.